The minimum atomic E-state index is -0.0585. The molecule has 0 spiro atoms. The normalized spacial score (nSPS) is 25.0. The van der Waals surface area contributed by atoms with Crippen molar-refractivity contribution in [2.45, 2.75) is 38.3 Å². The zero-order chi connectivity index (χ0) is 16.8. The lowest BCUT2D eigenvalue weighted by molar-refractivity contribution is -0.126. The molecule has 0 radical (unpaired) electrons. The number of rotatable bonds is 7. The Kier molecular flexibility index (Phi) is 6.10. The van der Waals surface area contributed by atoms with Gasteiger partial charge in [-0.15, -0.1) is 0 Å². The number of carbonyl (C=O) groups is 1. The van der Waals surface area contributed by atoms with Crippen LogP contribution in [-0.4, -0.2) is 55.8 Å². The fourth-order valence-electron chi connectivity index (χ4n) is 3.40. The molecule has 132 valence electrons. The Balaban J connectivity index is 1.32. The summed E-state index contributed by atoms with van der Waals surface area (Å²) in [6.07, 6.45) is 3.35. The zero-order valence-corrected chi connectivity index (χ0v) is 14.4. The Labute approximate surface area is 144 Å². The maximum atomic E-state index is 12.2. The SMILES string of the molecule is C[C@H](CCOc1ccccc1)C(=O)NC[C@H]1CN2CCC[C@@H]2CO1. The Morgan fingerprint density at radius 1 is 1.42 bits per heavy atom. The summed E-state index contributed by atoms with van der Waals surface area (Å²) in [7, 11) is 0. The Bertz CT molecular complexity index is 523. The molecule has 0 bridgehead atoms. The van der Waals surface area contributed by atoms with E-state index in [2.05, 4.69) is 10.2 Å². The summed E-state index contributed by atoms with van der Waals surface area (Å²) in [6, 6.07) is 10.3. The van der Waals surface area contributed by atoms with Crippen LogP contribution in [0.4, 0.5) is 0 Å². The van der Waals surface area contributed by atoms with Gasteiger partial charge in [-0.05, 0) is 37.9 Å². The van der Waals surface area contributed by atoms with E-state index in [1.165, 1.54) is 19.4 Å². The summed E-state index contributed by atoms with van der Waals surface area (Å²) in [6.45, 7) is 6.02. The molecular weight excluding hydrogens is 304 g/mol. The maximum absolute atomic E-state index is 12.2. The molecule has 5 nitrogen and oxygen atoms in total. The van der Waals surface area contributed by atoms with Crippen LogP contribution >= 0.6 is 0 Å². The Morgan fingerprint density at radius 3 is 3.08 bits per heavy atom. The lowest BCUT2D eigenvalue weighted by Crippen LogP contribution is -2.50. The van der Waals surface area contributed by atoms with Crippen molar-refractivity contribution in [2.75, 3.05) is 32.8 Å². The summed E-state index contributed by atoms with van der Waals surface area (Å²) >= 11 is 0. The summed E-state index contributed by atoms with van der Waals surface area (Å²) in [5.74, 6) is 0.872. The fourth-order valence-corrected chi connectivity index (χ4v) is 3.40. The third-order valence-electron chi connectivity index (χ3n) is 4.98. The van der Waals surface area contributed by atoms with E-state index in [1.807, 2.05) is 37.3 Å². The predicted molar refractivity (Wildman–Crippen MR) is 93.1 cm³/mol. The number of ether oxygens (including phenoxy) is 2. The molecule has 3 atom stereocenters. The van der Waals surface area contributed by atoms with Crippen LogP contribution < -0.4 is 10.1 Å². The van der Waals surface area contributed by atoms with Gasteiger partial charge >= 0.3 is 0 Å². The summed E-state index contributed by atoms with van der Waals surface area (Å²) in [4.78, 5) is 14.7. The van der Waals surface area contributed by atoms with Gasteiger partial charge in [-0.3, -0.25) is 9.69 Å². The number of para-hydroxylation sites is 1. The average molecular weight is 332 g/mol. The van der Waals surface area contributed by atoms with Crippen molar-refractivity contribution < 1.29 is 14.3 Å². The minimum absolute atomic E-state index is 0.0585. The molecular formula is C19H28N2O3. The van der Waals surface area contributed by atoms with Crippen LogP contribution in [-0.2, 0) is 9.53 Å². The van der Waals surface area contributed by atoms with Crippen molar-refractivity contribution in [3.63, 3.8) is 0 Å². The molecule has 0 saturated carbocycles. The van der Waals surface area contributed by atoms with E-state index in [0.29, 0.717) is 25.6 Å². The van der Waals surface area contributed by atoms with Crippen LogP contribution in [0.5, 0.6) is 5.75 Å². The van der Waals surface area contributed by atoms with Crippen LogP contribution in [0.2, 0.25) is 0 Å². The quantitative estimate of drug-likeness (QED) is 0.830. The van der Waals surface area contributed by atoms with Gasteiger partial charge in [0.25, 0.3) is 0 Å². The van der Waals surface area contributed by atoms with Crippen molar-refractivity contribution >= 4 is 5.91 Å². The first-order chi connectivity index (χ1) is 11.7. The molecule has 2 saturated heterocycles. The van der Waals surface area contributed by atoms with E-state index in [4.69, 9.17) is 9.47 Å². The highest BCUT2D eigenvalue weighted by atomic mass is 16.5. The highest BCUT2D eigenvalue weighted by Crippen LogP contribution is 2.22. The van der Waals surface area contributed by atoms with Crippen LogP contribution in [0, 0.1) is 5.92 Å². The van der Waals surface area contributed by atoms with Crippen LogP contribution in [0.25, 0.3) is 0 Å². The zero-order valence-electron chi connectivity index (χ0n) is 14.4. The van der Waals surface area contributed by atoms with Gasteiger partial charge in [-0.2, -0.15) is 0 Å². The van der Waals surface area contributed by atoms with Gasteiger partial charge < -0.3 is 14.8 Å². The molecule has 3 rings (SSSR count). The van der Waals surface area contributed by atoms with Gasteiger partial charge in [0.15, 0.2) is 0 Å². The molecule has 2 fully saturated rings. The van der Waals surface area contributed by atoms with Crippen LogP contribution in [0.15, 0.2) is 30.3 Å². The molecule has 1 amide bonds. The maximum Gasteiger partial charge on any atom is 0.223 e. The molecule has 24 heavy (non-hydrogen) atoms. The van der Waals surface area contributed by atoms with E-state index in [1.54, 1.807) is 0 Å². The predicted octanol–water partition coefficient (Wildman–Crippen LogP) is 2.07. The molecule has 1 aromatic carbocycles. The summed E-state index contributed by atoms with van der Waals surface area (Å²) in [5.41, 5.74) is 0. The van der Waals surface area contributed by atoms with Gasteiger partial charge in [-0.25, -0.2) is 0 Å². The number of hydrogen-bond donors (Lipinski definition) is 1. The monoisotopic (exact) mass is 332 g/mol. The number of fused-ring (bicyclic) bond motifs is 1. The number of benzene rings is 1. The largest absolute Gasteiger partial charge is 0.494 e. The van der Waals surface area contributed by atoms with Crippen molar-refractivity contribution in [2.24, 2.45) is 5.92 Å². The second kappa shape index (κ2) is 8.49. The second-order valence-electron chi connectivity index (χ2n) is 6.84. The second-order valence-corrected chi connectivity index (χ2v) is 6.84. The molecule has 2 aliphatic heterocycles. The lowest BCUT2D eigenvalue weighted by Gasteiger charge is -2.35. The molecule has 2 aliphatic rings. The van der Waals surface area contributed by atoms with Gasteiger partial charge in [-0.1, -0.05) is 25.1 Å². The van der Waals surface area contributed by atoms with Crippen LogP contribution in [0.3, 0.4) is 0 Å². The van der Waals surface area contributed by atoms with E-state index in [0.717, 1.165) is 18.9 Å². The topological polar surface area (TPSA) is 50.8 Å². The van der Waals surface area contributed by atoms with E-state index in [9.17, 15) is 4.79 Å². The van der Waals surface area contributed by atoms with Crippen molar-refractivity contribution in [1.29, 1.82) is 0 Å². The number of nitrogens with one attached hydrogen (secondary N) is 1. The molecule has 5 heteroatoms. The third kappa shape index (κ3) is 4.71. The van der Waals surface area contributed by atoms with Crippen molar-refractivity contribution in [3.8, 4) is 5.75 Å². The standard InChI is InChI=1S/C19H28N2O3/c1-15(9-11-23-17-7-3-2-4-8-17)19(22)20-12-18-13-21-10-5-6-16(21)14-24-18/h2-4,7-8,15-16,18H,5-6,9-14H2,1H3,(H,20,22)/t15-,16-,18+/m1/s1. The molecule has 0 aliphatic carbocycles. The highest BCUT2D eigenvalue weighted by molar-refractivity contribution is 5.78. The first-order valence-electron chi connectivity index (χ1n) is 9.03. The fraction of sp³-hybridized carbons (Fsp3) is 0.632. The highest BCUT2D eigenvalue weighted by Gasteiger charge is 2.32. The smallest absolute Gasteiger partial charge is 0.223 e. The molecule has 0 aromatic heterocycles. The van der Waals surface area contributed by atoms with Crippen molar-refractivity contribution in [1.82, 2.24) is 10.2 Å². The first kappa shape index (κ1) is 17.2. The number of morpholine rings is 1. The number of hydrogen-bond acceptors (Lipinski definition) is 4. The van der Waals surface area contributed by atoms with E-state index >= 15 is 0 Å². The van der Waals surface area contributed by atoms with Gasteiger partial charge in [0.1, 0.15) is 5.75 Å². The van der Waals surface area contributed by atoms with E-state index in [-0.39, 0.29) is 17.9 Å². The number of amides is 1. The number of carbonyl (C=O) groups excluding carboxylic acids is 1. The first-order valence-corrected chi connectivity index (χ1v) is 9.03. The Hall–Kier alpha value is -1.59. The summed E-state index contributed by atoms with van der Waals surface area (Å²) in [5, 5.41) is 3.03. The Morgan fingerprint density at radius 2 is 2.25 bits per heavy atom. The minimum Gasteiger partial charge on any atom is -0.494 e. The molecule has 2 heterocycles. The molecule has 1 aromatic rings. The molecule has 0 unspecified atom stereocenters. The van der Waals surface area contributed by atoms with E-state index < -0.39 is 0 Å². The lowest BCUT2D eigenvalue weighted by atomic mass is 10.1. The average Bonchev–Trinajstić information content (AvgIpc) is 3.08. The van der Waals surface area contributed by atoms with Gasteiger partial charge in [0.2, 0.25) is 5.91 Å². The van der Waals surface area contributed by atoms with Gasteiger partial charge in [0, 0.05) is 25.0 Å². The van der Waals surface area contributed by atoms with Gasteiger partial charge in [0.05, 0.1) is 19.3 Å². The third-order valence-corrected chi connectivity index (χ3v) is 4.98. The summed E-state index contributed by atoms with van der Waals surface area (Å²) < 4.78 is 11.5. The molecule has 1 N–H and O–H groups in total. The van der Waals surface area contributed by atoms with Crippen molar-refractivity contribution in [3.05, 3.63) is 30.3 Å². The number of nitrogens with zero attached hydrogens (tertiary/aromatic N) is 1. The van der Waals surface area contributed by atoms with Crippen LogP contribution in [0.1, 0.15) is 26.2 Å².